The molecule has 1 N–H and O–H groups in total. The summed E-state index contributed by atoms with van der Waals surface area (Å²) in [5, 5.41) is 8.82. The summed E-state index contributed by atoms with van der Waals surface area (Å²) in [5.41, 5.74) is -2.20. The van der Waals surface area contributed by atoms with E-state index >= 15 is 0 Å². The van der Waals surface area contributed by atoms with Crippen molar-refractivity contribution in [2.75, 3.05) is 26.0 Å². The van der Waals surface area contributed by atoms with Crippen LogP contribution in [0.25, 0.3) is 0 Å². The van der Waals surface area contributed by atoms with Gasteiger partial charge in [-0.2, -0.15) is 26.3 Å². The highest BCUT2D eigenvalue weighted by Crippen LogP contribution is 2.40. The summed E-state index contributed by atoms with van der Waals surface area (Å²) >= 11 is 0. The minimum absolute atomic E-state index is 0.0304. The Balaban J connectivity index is 1.97. The van der Waals surface area contributed by atoms with Gasteiger partial charge in [0.15, 0.2) is 0 Å². The topological polar surface area (TPSA) is 60.9 Å². The van der Waals surface area contributed by atoms with Crippen molar-refractivity contribution in [1.29, 1.82) is 0 Å². The molecule has 2 aromatic rings. The molecule has 0 saturated carbocycles. The van der Waals surface area contributed by atoms with Crippen molar-refractivity contribution in [2.45, 2.75) is 56.4 Å². The van der Waals surface area contributed by atoms with Gasteiger partial charge in [-0.05, 0) is 73.7 Å². The second-order valence-corrected chi connectivity index (χ2v) is 11.4. The van der Waals surface area contributed by atoms with Crippen LogP contribution >= 0.6 is 0 Å². The highest BCUT2D eigenvalue weighted by Gasteiger charge is 2.40. The van der Waals surface area contributed by atoms with Gasteiger partial charge in [0.25, 0.3) is 0 Å². The number of benzene rings is 2. The largest absolute Gasteiger partial charge is 0.416 e. The third-order valence-corrected chi connectivity index (χ3v) is 8.79. The number of aliphatic hydroxyl groups is 1. The van der Waals surface area contributed by atoms with E-state index in [0.29, 0.717) is 29.7 Å². The van der Waals surface area contributed by atoms with E-state index in [0.717, 1.165) is 4.90 Å². The second kappa shape index (κ2) is 11.8. The molecule has 1 saturated heterocycles. The van der Waals surface area contributed by atoms with Crippen molar-refractivity contribution in [1.82, 2.24) is 9.80 Å². The molecule has 0 aliphatic carbocycles. The van der Waals surface area contributed by atoms with Crippen molar-refractivity contribution < 1.29 is 44.8 Å². The average Bonchev–Trinajstić information content (AvgIpc) is 2.86. The molecule has 2 aromatic carbocycles. The lowest BCUT2D eigenvalue weighted by Crippen LogP contribution is -2.49. The zero-order valence-corrected chi connectivity index (χ0v) is 22.3. The number of halogens is 7. The number of hydrogen-bond acceptors (Lipinski definition) is 3. The van der Waals surface area contributed by atoms with Crippen LogP contribution in [0.2, 0.25) is 0 Å². The molecule has 3 rings (SSSR count). The van der Waals surface area contributed by atoms with Crippen LogP contribution in [-0.2, 0) is 23.2 Å². The first-order chi connectivity index (χ1) is 18.0. The SMILES string of the molecule is Cc1cc(F)ccc1[C@H]1C[C@@H](S(=O)CCO)CCN1C(=O)N(C)[C@@H](C)c1cc(C(F)(F)F)cc(C(F)(F)F)c1. The fourth-order valence-electron chi connectivity index (χ4n) is 4.78. The van der Waals surface area contributed by atoms with Gasteiger partial charge in [0, 0.05) is 35.4 Å². The first-order valence-electron chi connectivity index (χ1n) is 12.1. The maximum absolute atomic E-state index is 13.8. The fraction of sp³-hybridized carbons (Fsp3) is 0.500. The number of likely N-dealkylation sites (tertiary alicyclic amines) is 1. The first kappa shape index (κ1) is 30.9. The molecule has 1 heterocycles. The molecule has 1 aliphatic rings. The van der Waals surface area contributed by atoms with Crippen molar-refractivity contribution in [3.8, 4) is 0 Å². The van der Waals surface area contributed by atoms with Crippen LogP contribution in [-0.4, -0.2) is 56.3 Å². The number of nitrogens with zero attached hydrogens (tertiary/aromatic N) is 2. The highest BCUT2D eigenvalue weighted by molar-refractivity contribution is 7.85. The molecule has 1 fully saturated rings. The number of aliphatic hydroxyl groups excluding tert-OH is 1. The Hall–Kier alpha value is -2.67. The number of carbonyl (C=O) groups excluding carboxylic acids is 1. The van der Waals surface area contributed by atoms with Crippen molar-refractivity contribution in [2.24, 2.45) is 0 Å². The second-order valence-electron chi connectivity index (χ2n) is 9.57. The van der Waals surface area contributed by atoms with E-state index in [1.807, 2.05) is 0 Å². The Morgan fingerprint density at radius 3 is 2.21 bits per heavy atom. The molecule has 4 atom stereocenters. The third kappa shape index (κ3) is 7.10. The number of rotatable bonds is 6. The molecule has 5 nitrogen and oxygen atoms in total. The molecule has 0 aromatic heterocycles. The van der Waals surface area contributed by atoms with Crippen LogP contribution in [0.4, 0.5) is 35.5 Å². The lowest BCUT2D eigenvalue weighted by molar-refractivity contribution is -0.143. The molecule has 0 spiro atoms. The van der Waals surface area contributed by atoms with Crippen LogP contribution in [0.3, 0.4) is 0 Å². The molecule has 216 valence electrons. The summed E-state index contributed by atoms with van der Waals surface area (Å²) in [6.07, 6.45) is -9.54. The van der Waals surface area contributed by atoms with E-state index in [9.17, 15) is 44.8 Å². The number of amides is 2. The minimum Gasteiger partial charge on any atom is -0.395 e. The summed E-state index contributed by atoms with van der Waals surface area (Å²) in [6.45, 7) is 2.77. The van der Waals surface area contributed by atoms with E-state index in [2.05, 4.69) is 0 Å². The van der Waals surface area contributed by atoms with Gasteiger partial charge in [-0.25, -0.2) is 9.18 Å². The van der Waals surface area contributed by atoms with Crippen molar-refractivity contribution in [3.05, 3.63) is 70.0 Å². The standard InChI is InChI=1S/C26H29F7N2O3S/c1-15-10-20(27)4-5-22(15)23-14-21(39(38)9-8-36)6-7-35(23)24(37)34(3)16(2)17-11-18(25(28,29)30)13-19(12-17)26(31,32)33/h4-5,10-13,16,21,23,36H,6-9,14H2,1-3H3/t16-,21-,23+,39?/m0/s1. The average molecular weight is 583 g/mol. The van der Waals surface area contributed by atoms with Crippen LogP contribution in [0.15, 0.2) is 36.4 Å². The maximum atomic E-state index is 13.8. The molecule has 1 unspecified atom stereocenters. The molecule has 0 bridgehead atoms. The van der Waals surface area contributed by atoms with Gasteiger partial charge in [-0.15, -0.1) is 0 Å². The number of alkyl halides is 6. The van der Waals surface area contributed by atoms with Gasteiger partial charge in [-0.3, -0.25) is 4.21 Å². The summed E-state index contributed by atoms with van der Waals surface area (Å²) in [4.78, 5) is 16.1. The van der Waals surface area contributed by atoms with Crippen LogP contribution in [0.5, 0.6) is 0 Å². The first-order valence-corrected chi connectivity index (χ1v) is 13.5. The smallest absolute Gasteiger partial charge is 0.395 e. The van der Waals surface area contributed by atoms with E-state index in [1.165, 1.54) is 37.1 Å². The van der Waals surface area contributed by atoms with E-state index in [1.54, 1.807) is 6.92 Å². The Labute approximate surface area is 224 Å². The third-order valence-electron chi connectivity index (χ3n) is 7.03. The number of aryl methyl sites for hydroxylation is 1. The maximum Gasteiger partial charge on any atom is 0.416 e. The number of carbonyl (C=O) groups is 1. The van der Waals surface area contributed by atoms with E-state index < -0.39 is 58.2 Å². The lowest BCUT2D eigenvalue weighted by Gasteiger charge is -2.42. The molecule has 0 radical (unpaired) electrons. The van der Waals surface area contributed by atoms with Gasteiger partial charge < -0.3 is 14.9 Å². The Bertz CT molecular complexity index is 1190. The lowest BCUT2D eigenvalue weighted by atomic mass is 9.92. The predicted octanol–water partition coefficient (Wildman–Crippen LogP) is 6.23. The van der Waals surface area contributed by atoms with Gasteiger partial charge in [0.1, 0.15) is 5.82 Å². The fourth-order valence-corrected chi connectivity index (χ4v) is 6.06. The molecule has 13 heteroatoms. The quantitative estimate of drug-likeness (QED) is 0.411. The monoisotopic (exact) mass is 582 g/mol. The van der Waals surface area contributed by atoms with Crippen LogP contribution in [0.1, 0.15) is 59.7 Å². The Morgan fingerprint density at radius 2 is 1.69 bits per heavy atom. The van der Waals surface area contributed by atoms with Gasteiger partial charge >= 0.3 is 18.4 Å². The van der Waals surface area contributed by atoms with Gasteiger partial charge in [-0.1, -0.05) is 6.07 Å². The molecular weight excluding hydrogens is 553 g/mol. The van der Waals surface area contributed by atoms with Crippen molar-refractivity contribution >= 4 is 16.8 Å². The highest BCUT2D eigenvalue weighted by atomic mass is 32.2. The van der Waals surface area contributed by atoms with Crippen LogP contribution in [0, 0.1) is 12.7 Å². The van der Waals surface area contributed by atoms with Gasteiger partial charge in [0.2, 0.25) is 0 Å². The normalized spacial score (nSPS) is 20.0. The van der Waals surface area contributed by atoms with E-state index in [-0.39, 0.29) is 42.2 Å². The molecule has 2 amide bonds. The zero-order chi connectivity index (χ0) is 29.3. The summed E-state index contributed by atoms with van der Waals surface area (Å²) < 4.78 is 107. The molecular formula is C26H29F7N2O3S. The van der Waals surface area contributed by atoms with Crippen LogP contribution < -0.4 is 0 Å². The summed E-state index contributed by atoms with van der Waals surface area (Å²) in [6, 6.07) is 2.70. The molecule has 39 heavy (non-hydrogen) atoms. The number of urea groups is 1. The summed E-state index contributed by atoms with van der Waals surface area (Å²) in [5.74, 6) is -0.456. The van der Waals surface area contributed by atoms with Crippen molar-refractivity contribution in [3.63, 3.8) is 0 Å². The minimum atomic E-state index is -5.03. The predicted molar refractivity (Wildman–Crippen MR) is 132 cm³/mol. The van der Waals surface area contributed by atoms with E-state index in [4.69, 9.17) is 0 Å². The van der Waals surface area contributed by atoms with Gasteiger partial charge in [0.05, 0.1) is 29.8 Å². The molecule has 1 aliphatic heterocycles. The zero-order valence-electron chi connectivity index (χ0n) is 21.4. The summed E-state index contributed by atoms with van der Waals surface area (Å²) in [7, 11) is -0.118. The Morgan fingerprint density at radius 1 is 1.10 bits per heavy atom. The Kier molecular flexibility index (Phi) is 9.36. The number of hydrogen-bond donors (Lipinski definition) is 1. The number of piperidine rings is 1.